The number of hydrogen-bond donors (Lipinski definition) is 0. The number of rotatable bonds is 6. The van der Waals surface area contributed by atoms with Crippen LogP contribution in [0.5, 0.6) is 0 Å². The van der Waals surface area contributed by atoms with Gasteiger partial charge in [0.1, 0.15) is 10.4 Å². The quantitative estimate of drug-likeness (QED) is 0.285. The molecule has 4 rings (SSSR count). The lowest BCUT2D eigenvalue weighted by molar-refractivity contribution is -0.383. The van der Waals surface area contributed by atoms with E-state index in [9.17, 15) is 23.3 Å². The summed E-state index contributed by atoms with van der Waals surface area (Å²) >= 11 is 6.82. The van der Waals surface area contributed by atoms with Crippen molar-refractivity contribution in [2.75, 3.05) is 18.2 Å². The maximum Gasteiger partial charge on any atom is 0.288 e. The van der Waals surface area contributed by atoms with E-state index in [-0.39, 0.29) is 26.7 Å². The van der Waals surface area contributed by atoms with Gasteiger partial charge in [-0.15, -0.1) is 5.10 Å². The van der Waals surface area contributed by atoms with Crippen LogP contribution in [0.25, 0.3) is 15.8 Å². The second-order valence-electron chi connectivity index (χ2n) is 7.14. The van der Waals surface area contributed by atoms with Gasteiger partial charge in [-0.3, -0.25) is 14.9 Å². The smallest absolute Gasteiger partial charge is 0.288 e. The van der Waals surface area contributed by atoms with Crippen LogP contribution in [0.4, 0.5) is 10.8 Å². The number of halogens is 1. The molecule has 0 amide bonds. The Kier molecular flexibility index (Phi) is 5.86. The highest BCUT2D eigenvalue weighted by molar-refractivity contribution is 7.90. The summed E-state index contributed by atoms with van der Waals surface area (Å²) in [6, 6.07) is 9.09. The number of hydrogen-bond acceptors (Lipinski definition) is 10. The minimum atomic E-state index is -3.76. The fraction of sp³-hybridized carbons (Fsp3) is 0.158. The molecule has 0 radical (unpaired) electrons. The summed E-state index contributed by atoms with van der Waals surface area (Å²) in [5.74, 6) is 0. The summed E-state index contributed by atoms with van der Waals surface area (Å²) in [7, 11) is -2.10. The first kappa shape index (κ1) is 22.8. The van der Waals surface area contributed by atoms with Gasteiger partial charge in [0.05, 0.1) is 33.6 Å². The molecule has 0 unspecified atom stereocenters. The molecule has 0 bridgehead atoms. The van der Waals surface area contributed by atoms with E-state index in [1.54, 1.807) is 47.1 Å². The average molecular weight is 507 g/mol. The molecule has 0 saturated carbocycles. The minimum Gasteiger partial charge on any atom is -0.345 e. The largest absolute Gasteiger partial charge is 0.345 e. The molecule has 2 aromatic heterocycles. The second-order valence-corrected chi connectivity index (χ2v) is 10.6. The Morgan fingerprint density at radius 1 is 1.24 bits per heavy atom. The molecule has 0 spiro atoms. The number of nitrogens with zero attached hydrogens (tertiary/aromatic N) is 6. The Labute approximate surface area is 195 Å². The predicted molar refractivity (Wildman–Crippen MR) is 124 cm³/mol. The standard InChI is InChI=1S/C19H15ClN6O5S2/c1-24(9-12-10-25(23-22-12)13-5-3-11(20)4-6-13)19-21-18(27)15-7-14(33(2,30)31)8-16(26(28)29)17(15)32-19/h3-8,10H,9H2,1-2H3. The molecule has 0 atom stereocenters. The van der Waals surface area contributed by atoms with Gasteiger partial charge in [0.2, 0.25) is 0 Å². The maximum absolute atomic E-state index is 12.6. The average Bonchev–Trinajstić information content (AvgIpc) is 3.21. The van der Waals surface area contributed by atoms with Gasteiger partial charge < -0.3 is 4.90 Å². The van der Waals surface area contributed by atoms with Gasteiger partial charge in [-0.25, -0.2) is 13.1 Å². The molecule has 0 aliphatic rings. The Morgan fingerprint density at radius 3 is 2.58 bits per heavy atom. The molecule has 2 heterocycles. The van der Waals surface area contributed by atoms with Gasteiger partial charge in [-0.1, -0.05) is 28.2 Å². The Hall–Kier alpha value is -3.42. The van der Waals surface area contributed by atoms with Gasteiger partial charge in [-0.2, -0.15) is 4.98 Å². The first-order chi connectivity index (χ1) is 15.5. The third kappa shape index (κ3) is 4.69. The second kappa shape index (κ2) is 8.50. The number of sulfone groups is 1. The number of benzene rings is 2. The van der Waals surface area contributed by atoms with Gasteiger partial charge in [-0.05, 0) is 30.3 Å². The van der Waals surface area contributed by atoms with Crippen LogP contribution in [0.1, 0.15) is 5.69 Å². The van der Waals surface area contributed by atoms with Crippen molar-refractivity contribution >= 4 is 53.7 Å². The van der Waals surface area contributed by atoms with Crippen molar-refractivity contribution in [3.05, 3.63) is 73.8 Å². The molecular formula is C19H15ClN6O5S2. The molecule has 33 heavy (non-hydrogen) atoms. The van der Waals surface area contributed by atoms with E-state index >= 15 is 0 Å². The summed E-state index contributed by atoms with van der Waals surface area (Å²) in [6.07, 6.45) is 2.61. The van der Waals surface area contributed by atoms with Gasteiger partial charge in [0, 0.05) is 24.4 Å². The van der Waals surface area contributed by atoms with Gasteiger partial charge in [0.25, 0.3) is 11.2 Å². The van der Waals surface area contributed by atoms with Crippen LogP contribution < -0.4 is 10.5 Å². The number of fused-ring (bicyclic) bond motifs is 1. The summed E-state index contributed by atoms with van der Waals surface area (Å²) < 4.78 is 25.4. The van der Waals surface area contributed by atoms with Gasteiger partial charge in [0.15, 0.2) is 15.0 Å². The minimum absolute atomic E-state index is 0.0408. The van der Waals surface area contributed by atoms with Crippen molar-refractivity contribution in [2.45, 2.75) is 11.4 Å². The Bertz CT molecular complexity index is 1550. The number of aromatic nitrogens is 4. The molecule has 0 aliphatic carbocycles. The zero-order valence-electron chi connectivity index (χ0n) is 17.2. The summed E-state index contributed by atoms with van der Waals surface area (Å²) in [5, 5.41) is 20.5. The van der Waals surface area contributed by atoms with E-state index in [4.69, 9.17) is 11.6 Å². The fourth-order valence-corrected chi connectivity index (χ4v) is 4.84. The maximum atomic E-state index is 12.6. The van der Waals surface area contributed by atoms with Crippen LogP contribution >= 0.6 is 22.9 Å². The van der Waals surface area contributed by atoms with Crippen molar-refractivity contribution in [3.63, 3.8) is 0 Å². The zero-order chi connectivity index (χ0) is 23.9. The van der Waals surface area contributed by atoms with Crippen LogP contribution in [-0.2, 0) is 16.4 Å². The molecule has 2 aromatic carbocycles. The molecule has 14 heteroatoms. The topological polar surface area (TPSA) is 141 Å². The monoisotopic (exact) mass is 506 g/mol. The van der Waals surface area contributed by atoms with Crippen molar-refractivity contribution < 1.29 is 13.3 Å². The van der Waals surface area contributed by atoms with Crippen molar-refractivity contribution in [1.29, 1.82) is 0 Å². The molecule has 11 nitrogen and oxygen atoms in total. The lowest BCUT2D eigenvalue weighted by Gasteiger charge is -2.15. The fourth-order valence-electron chi connectivity index (χ4n) is 3.03. The van der Waals surface area contributed by atoms with Crippen LogP contribution in [0, 0.1) is 10.1 Å². The Balaban J connectivity index is 1.70. The van der Waals surface area contributed by atoms with E-state index in [2.05, 4.69) is 15.3 Å². The first-order valence-corrected chi connectivity index (χ1v) is 12.3. The van der Waals surface area contributed by atoms with Crippen LogP contribution in [-0.4, -0.2) is 46.6 Å². The number of nitro benzene ring substituents is 1. The van der Waals surface area contributed by atoms with Crippen LogP contribution in [0.2, 0.25) is 5.02 Å². The molecule has 0 N–H and O–H groups in total. The van der Waals surface area contributed by atoms with Crippen LogP contribution in [0.3, 0.4) is 0 Å². The number of nitro groups is 1. The van der Waals surface area contributed by atoms with E-state index < -0.39 is 26.0 Å². The molecule has 0 aliphatic heterocycles. The number of non-ortho nitro benzene ring substituents is 1. The predicted octanol–water partition coefficient (Wildman–Crippen LogP) is 2.84. The molecule has 0 saturated heterocycles. The molecule has 170 valence electrons. The lowest BCUT2D eigenvalue weighted by atomic mass is 10.2. The molecular weight excluding hydrogens is 492 g/mol. The summed E-state index contributed by atoms with van der Waals surface area (Å²) in [6.45, 7) is 0.220. The van der Waals surface area contributed by atoms with E-state index in [0.717, 1.165) is 35.4 Å². The van der Waals surface area contributed by atoms with Gasteiger partial charge >= 0.3 is 0 Å². The molecule has 0 fully saturated rings. The first-order valence-electron chi connectivity index (χ1n) is 9.24. The third-order valence-electron chi connectivity index (χ3n) is 4.65. The van der Waals surface area contributed by atoms with E-state index in [0.29, 0.717) is 10.7 Å². The van der Waals surface area contributed by atoms with E-state index in [1.807, 2.05) is 0 Å². The molecule has 4 aromatic rings. The lowest BCUT2D eigenvalue weighted by Crippen LogP contribution is -2.20. The summed E-state index contributed by atoms with van der Waals surface area (Å²) in [5.41, 5.74) is 0.0901. The van der Waals surface area contributed by atoms with Crippen molar-refractivity contribution in [1.82, 2.24) is 20.0 Å². The highest BCUT2D eigenvalue weighted by Crippen LogP contribution is 2.34. The van der Waals surface area contributed by atoms with Crippen molar-refractivity contribution in [2.24, 2.45) is 0 Å². The zero-order valence-corrected chi connectivity index (χ0v) is 19.6. The normalized spacial score (nSPS) is 11.6. The highest BCUT2D eigenvalue weighted by Gasteiger charge is 2.23. The summed E-state index contributed by atoms with van der Waals surface area (Å²) in [4.78, 5) is 28.8. The third-order valence-corrected chi connectivity index (χ3v) is 7.21. The SMILES string of the molecule is CN(Cc1cn(-c2ccc(Cl)cc2)nn1)c1nc(=O)c2cc(S(C)(=O)=O)cc([N+](=O)[O-])c2s1. The highest BCUT2D eigenvalue weighted by atomic mass is 35.5. The van der Waals surface area contributed by atoms with Crippen molar-refractivity contribution in [3.8, 4) is 5.69 Å². The number of anilines is 1. The van der Waals surface area contributed by atoms with Crippen LogP contribution in [0.15, 0.2) is 52.3 Å². The Morgan fingerprint density at radius 2 is 1.94 bits per heavy atom. The van der Waals surface area contributed by atoms with E-state index in [1.165, 1.54) is 0 Å².